The maximum Gasteiger partial charge on any atom is 0.151 e. The average molecular weight is 322 g/mol. The molecule has 0 unspecified atom stereocenters. The van der Waals surface area contributed by atoms with Gasteiger partial charge < -0.3 is 5.73 Å². The third-order valence-electron chi connectivity index (χ3n) is 3.62. The van der Waals surface area contributed by atoms with Crippen LogP contribution in [0.5, 0.6) is 0 Å². The largest absolute Gasteiger partial charge is 0.399 e. The molecule has 4 aromatic rings. The van der Waals surface area contributed by atoms with E-state index in [0.29, 0.717) is 0 Å². The summed E-state index contributed by atoms with van der Waals surface area (Å²) in [6, 6.07) is 20.9. The second kappa shape index (κ2) is 5.63. The highest BCUT2D eigenvalue weighted by Gasteiger charge is 2.06. The second-order valence-corrected chi connectivity index (χ2v) is 7.39. The lowest BCUT2D eigenvalue weighted by atomic mass is 10.1. The van der Waals surface area contributed by atoms with Crippen molar-refractivity contribution in [1.82, 2.24) is 4.98 Å². The van der Waals surface area contributed by atoms with Crippen LogP contribution in [0.15, 0.2) is 65.0 Å². The van der Waals surface area contributed by atoms with Crippen LogP contribution in [0.1, 0.15) is 5.56 Å². The van der Waals surface area contributed by atoms with Crippen LogP contribution in [0.25, 0.3) is 21.0 Å². The number of hydrogen-bond donors (Lipinski definition) is 1. The van der Waals surface area contributed by atoms with Crippen molar-refractivity contribution < 1.29 is 0 Å². The molecule has 0 saturated heterocycles. The van der Waals surface area contributed by atoms with Gasteiger partial charge in [-0.3, -0.25) is 0 Å². The zero-order valence-corrected chi connectivity index (χ0v) is 13.5. The summed E-state index contributed by atoms with van der Waals surface area (Å²) in [4.78, 5) is 4.67. The van der Waals surface area contributed by atoms with Crippen molar-refractivity contribution in [2.75, 3.05) is 5.73 Å². The van der Waals surface area contributed by atoms with Crippen molar-refractivity contribution >= 4 is 49.8 Å². The average Bonchev–Trinajstić information content (AvgIpc) is 2.95. The van der Waals surface area contributed by atoms with E-state index < -0.39 is 0 Å². The summed E-state index contributed by atoms with van der Waals surface area (Å²) in [5, 5.41) is 2.61. The number of nitrogens with two attached hydrogens (primary N) is 1. The van der Waals surface area contributed by atoms with Gasteiger partial charge in [0.1, 0.15) is 0 Å². The molecule has 1 heterocycles. The molecule has 0 aliphatic rings. The number of fused-ring (bicyclic) bond motifs is 2. The quantitative estimate of drug-likeness (QED) is 0.409. The molecule has 108 valence electrons. The molecule has 0 aliphatic carbocycles. The summed E-state index contributed by atoms with van der Waals surface area (Å²) < 4.78 is 2.24. The van der Waals surface area contributed by atoms with Crippen LogP contribution in [0.4, 0.5) is 5.69 Å². The van der Waals surface area contributed by atoms with Crippen molar-refractivity contribution in [2.45, 2.75) is 10.1 Å². The van der Waals surface area contributed by atoms with Gasteiger partial charge in [-0.2, -0.15) is 0 Å². The fourth-order valence-electron chi connectivity index (χ4n) is 2.54. The monoisotopic (exact) mass is 322 g/mol. The van der Waals surface area contributed by atoms with E-state index in [0.717, 1.165) is 26.0 Å². The minimum atomic E-state index is 0.793. The number of thioether (sulfide) groups is 1. The van der Waals surface area contributed by atoms with E-state index in [9.17, 15) is 0 Å². The van der Waals surface area contributed by atoms with Crippen LogP contribution in [0.2, 0.25) is 0 Å². The molecular weight excluding hydrogens is 308 g/mol. The number of rotatable bonds is 3. The first-order valence-electron chi connectivity index (χ1n) is 7.05. The summed E-state index contributed by atoms with van der Waals surface area (Å²) in [7, 11) is 0. The topological polar surface area (TPSA) is 38.9 Å². The first-order valence-corrected chi connectivity index (χ1v) is 8.85. The van der Waals surface area contributed by atoms with Gasteiger partial charge in [0.2, 0.25) is 0 Å². The van der Waals surface area contributed by atoms with Gasteiger partial charge in [0.05, 0.1) is 10.2 Å². The molecule has 0 fully saturated rings. The highest BCUT2D eigenvalue weighted by Crippen LogP contribution is 2.33. The van der Waals surface area contributed by atoms with Crippen LogP contribution < -0.4 is 5.73 Å². The number of hydrogen-bond acceptors (Lipinski definition) is 4. The molecule has 0 aliphatic heterocycles. The highest BCUT2D eigenvalue weighted by molar-refractivity contribution is 8.00. The summed E-state index contributed by atoms with van der Waals surface area (Å²) in [6.07, 6.45) is 0. The molecule has 2 nitrogen and oxygen atoms in total. The summed E-state index contributed by atoms with van der Waals surface area (Å²) in [5.74, 6) is 0.927. The van der Waals surface area contributed by atoms with Gasteiger partial charge in [0.15, 0.2) is 4.34 Å². The zero-order valence-electron chi connectivity index (χ0n) is 11.8. The van der Waals surface area contributed by atoms with Gasteiger partial charge in [0.25, 0.3) is 0 Å². The van der Waals surface area contributed by atoms with Gasteiger partial charge in [0, 0.05) is 11.4 Å². The SMILES string of the molecule is Nc1ccc2nc(SCc3cccc4ccccc34)sc2c1. The predicted octanol–water partition coefficient (Wildman–Crippen LogP) is 5.32. The van der Waals surface area contributed by atoms with E-state index >= 15 is 0 Å². The second-order valence-electron chi connectivity index (χ2n) is 5.13. The van der Waals surface area contributed by atoms with Gasteiger partial charge >= 0.3 is 0 Å². The van der Waals surface area contributed by atoms with Crippen LogP contribution in [-0.4, -0.2) is 4.98 Å². The van der Waals surface area contributed by atoms with Crippen molar-refractivity contribution in [2.24, 2.45) is 0 Å². The molecular formula is C18H14N2S2. The number of aromatic nitrogens is 1. The highest BCUT2D eigenvalue weighted by atomic mass is 32.2. The van der Waals surface area contributed by atoms with E-state index in [-0.39, 0.29) is 0 Å². The lowest BCUT2D eigenvalue weighted by Gasteiger charge is -2.04. The summed E-state index contributed by atoms with van der Waals surface area (Å²) >= 11 is 3.49. The molecule has 0 amide bonds. The molecule has 4 heteroatoms. The maximum absolute atomic E-state index is 5.83. The van der Waals surface area contributed by atoms with Crippen LogP contribution in [0, 0.1) is 0 Å². The Balaban J connectivity index is 1.62. The van der Waals surface area contributed by atoms with Gasteiger partial charge in [-0.15, -0.1) is 11.3 Å². The smallest absolute Gasteiger partial charge is 0.151 e. The number of thiazole rings is 1. The fourth-order valence-corrected chi connectivity index (χ4v) is 4.66. The Labute approximate surface area is 137 Å². The molecule has 4 rings (SSSR count). The van der Waals surface area contributed by atoms with Crippen LogP contribution in [0.3, 0.4) is 0 Å². The third-order valence-corrected chi connectivity index (χ3v) is 5.83. The molecule has 2 N–H and O–H groups in total. The lowest BCUT2D eigenvalue weighted by molar-refractivity contribution is 1.29. The molecule has 1 aromatic heterocycles. The van der Waals surface area contributed by atoms with Crippen molar-refractivity contribution in [3.63, 3.8) is 0 Å². The lowest BCUT2D eigenvalue weighted by Crippen LogP contribution is -1.83. The van der Waals surface area contributed by atoms with E-state index in [1.165, 1.54) is 16.3 Å². The normalized spacial score (nSPS) is 11.3. The first kappa shape index (κ1) is 13.6. The number of nitrogens with zero attached hydrogens (tertiary/aromatic N) is 1. The van der Waals surface area contributed by atoms with Gasteiger partial charge in [-0.05, 0) is 34.5 Å². The summed E-state index contributed by atoms with van der Waals surface area (Å²) in [6.45, 7) is 0. The summed E-state index contributed by atoms with van der Waals surface area (Å²) in [5.41, 5.74) is 9.00. The van der Waals surface area contributed by atoms with Gasteiger partial charge in [-0.1, -0.05) is 54.2 Å². The molecule has 0 spiro atoms. The number of nitrogen functional groups attached to an aromatic ring is 1. The molecule has 22 heavy (non-hydrogen) atoms. The van der Waals surface area contributed by atoms with E-state index in [2.05, 4.69) is 47.4 Å². The minimum absolute atomic E-state index is 0.793. The third kappa shape index (κ3) is 2.56. The Hall–Kier alpha value is -2.04. The molecule has 0 saturated carbocycles. The van der Waals surface area contributed by atoms with Gasteiger partial charge in [-0.25, -0.2) is 4.98 Å². The fraction of sp³-hybridized carbons (Fsp3) is 0.0556. The Morgan fingerprint density at radius 3 is 2.82 bits per heavy atom. The molecule has 3 aromatic carbocycles. The Bertz CT molecular complexity index is 954. The van der Waals surface area contributed by atoms with Crippen molar-refractivity contribution in [3.05, 3.63) is 66.2 Å². The first-order chi connectivity index (χ1) is 10.8. The van der Waals surface area contributed by atoms with E-state index in [1.54, 1.807) is 23.1 Å². The zero-order chi connectivity index (χ0) is 14.9. The molecule has 0 radical (unpaired) electrons. The van der Waals surface area contributed by atoms with Crippen molar-refractivity contribution in [3.8, 4) is 0 Å². The Morgan fingerprint density at radius 1 is 1.00 bits per heavy atom. The maximum atomic E-state index is 5.83. The predicted molar refractivity (Wildman–Crippen MR) is 97.5 cm³/mol. The molecule has 0 atom stereocenters. The van der Waals surface area contributed by atoms with E-state index in [1.807, 2.05) is 18.2 Å². The van der Waals surface area contributed by atoms with Crippen molar-refractivity contribution in [1.29, 1.82) is 0 Å². The standard InChI is InChI=1S/C18H14N2S2/c19-14-8-9-16-17(10-14)22-18(20-16)21-11-13-6-3-5-12-4-1-2-7-15(12)13/h1-10H,11,19H2. The number of anilines is 1. The van der Waals surface area contributed by atoms with E-state index in [4.69, 9.17) is 5.73 Å². The Morgan fingerprint density at radius 2 is 1.86 bits per heavy atom. The van der Waals surface area contributed by atoms with Crippen LogP contribution >= 0.6 is 23.1 Å². The van der Waals surface area contributed by atoms with Crippen LogP contribution in [-0.2, 0) is 5.75 Å². The minimum Gasteiger partial charge on any atom is -0.399 e. The molecule has 0 bridgehead atoms. The number of benzene rings is 3. The Kier molecular flexibility index (Phi) is 3.48.